The Hall–Kier alpha value is -2.12. The second-order valence-electron chi connectivity index (χ2n) is 4.56. The Labute approximate surface area is 125 Å². The number of rotatable bonds is 3. The van der Waals surface area contributed by atoms with Crippen LogP contribution in [0.4, 0.5) is 0 Å². The molecule has 1 aromatic rings. The van der Waals surface area contributed by atoms with Crippen molar-refractivity contribution in [3.63, 3.8) is 0 Å². The average Bonchev–Trinajstić information content (AvgIpc) is 2.46. The van der Waals surface area contributed by atoms with Crippen LogP contribution in [0.2, 0.25) is 5.02 Å². The number of hydrogen-bond acceptors (Lipinski definition) is 4. The van der Waals surface area contributed by atoms with E-state index in [1.165, 1.54) is 24.3 Å². The zero-order valence-electron chi connectivity index (χ0n) is 10.8. The van der Waals surface area contributed by atoms with Gasteiger partial charge >= 0.3 is 11.9 Å². The fourth-order valence-corrected chi connectivity index (χ4v) is 2.38. The molecular weight excluding hydrogens is 300 g/mol. The summed E-state index contributed by atoms with van der Waals surface area (Å²) in [5.41, 5.74) is 0.261. The molecule has 0 spiro atoms. The van der Waals surface area contributed by atoms with Gasteiger partial charge in [-0.05, 0) is 24.3 Å². The predicted molar refractivity (Wildman–Crippen MR) is 73.3 cm³/mol. The minimum Gasteiger partial charge on any atom is -0.480 e. The Balaban J connectivity index is 2.31. The van der Waals surface area contributed by atoms with Crippen LogP contribution in [-0.4, -0.2) is 58.1 Å². The molecule has 0 aromatic heterocycles. The standard InChI is InChI=1S/C13H13ClN2O5/c14-8-3-1-7(2-4-8)11(17)16-6-5-15-9(12(18)19)10(16)13(20)21/h1-4,9-10,15H,5-6H2,(H,18,19)(H,20,21). The third-order valence-corrected chi connectivity index (χ3v) is 3.49. The molecule has 2 atom stereocenters. The number of carboxylic acids is 2. The van der Waals surface area contributed by atoms with Crippen LogP contribution >= 0.6 is 11.6 Å². The van der Waals surface area contributed by atoms with Crippen molar-refractivity contribution in [1.82, 2.24) is 10.2 Å². The topological polar surface area (TPSA) is 107 Å². The van der Waals surface area contributed by atoms with Crippen molar-refractivity contribution in [1.29, 1.82) is 0 Å². The van der Waals surface area contributed by atoms with Gasteiger partial charge in [0.2, 0.25) is 0 Å². The molecule has 21 heavy (non-hydrogen) atoms. The van der Waals surface area contributed by atoms with Gasteiger partial charge in [-0.2, -0.15) is 0 Å². The number of amides is 1. The molecule has 2 unspecified atom stereocenters. The molecule has 3 N–H and O–H groups in total. The first-order chi connectivity index (χ1) is 9.91. The van der Waals surface area contributed by atoms with E-state index in [0.29, 0.717) is 5.02 Å². The number of hydrogen-bond donors (Lipinski definition) is 3. The fraction of sp³-hybridized carbons (Fsp3) is 0.308. The molecule has 1 aliphatic rings. The maximum atomic E-state index is 12.4. The molecule has 1 heterocycles. The van der Waals surface area contributed by atoms with Crippen LogP contribution in [0.5, 0.6) is 0 Å². The molecule has 7 nitrogen and oxygen atoms in total. The van der Waals surface area contributed by atoms with E-state index in [9.17, 15) is 19.5 Å². The van der Waals surface area contributed by atoms with Crippen molar-refractivity contribution < 1.29 is 24.6 Å². The van der Waals surface area contributed by atoms with Gasteiger partial charge in [-0.15, -0.1) is 0 Å². The van der Waals surface area contributed by atoms with E-state index in [4.69, 9.17) is 16.7 Å². The molecule has 1 amide bonds. The molecule has 1 aromatic carbocycles. The summed E-state index contributed by atoms with van der Waals surface area (Å²) in [6.07, 6.45) is 0. The Bertz CT molecular complexity index is 574. The summed E-state index contributed by atoms with van der Waals surface area (Å²) < 4.78 is 0. The normalized spacial score (nSPS) is 21.9. The monoisotopic (exact) mass is 312 g/mol. The van der Waals surface area contributed by atoms with Gasteiger partial charge in [0, 0.05) is 23.7 Å². The maximum absolute atomic E-state index is 12.4. The number of nitrogens with zero attached hydrogens (tertiary/aromatic N) is 1. The zero-order chi connectivity index (χ0) is 15.6. The van der Waals surface area contributed by atoms with E-state index >= 15 is 0 Å². The van der Waals surface area contributed by atoms with Crippen molar-refractivity contribution in [2.24, 2.45) is 0 Å². The highest BCUT2D eigenvalue weighted by atomic mass is 35.5. The third-order valence-electron chi connectivity index (χ3n) is 3.24. The number of piperazine rings is 1. The van der Waals surface area contributed by atoms with E-state index in [0.717, 1.165) is 4.90 Å². The molecule has 1 saturated heterocycles. The second kappa shape index (κ2) is 6.11. The van der Waals surface area contributed by atoms with Crippen molar-refractivity contribution in [3.8, 4) is 0 Å². The summed E-state index contributed by atoms with van der Waals surface area (Å²) >= 11 is 5.74. The van der Waals surface area contributed by atoms with E-state index in [1.807, 2.05) is 0 Å². The summed E-state index contributed by atoms with van der Waals surface area (Å²) in [4.78, 5) is 35.9. The lowest BCUT2D eigenvalue weighted by atomic mass is 10.0. The lowest BCUT2D eigenvalue weighted by Crippen LogP contribution is -2.65. The van der Waals surface area contributed by atoms with E-state index < -0.39 is 29.9 Å². The van der Waals surface area contributed by atoms with Gasteiger partial charge in [-0.3, -0.25) is 9.59 Å². The summed E-state index contributed by atoms with van der Waals surface area (Å²) in [6.45, 7) is 0.322. The zero-order valence-corrected chi connectivity index (χ0v) is 11.6. The second-order valence-corrected chi connectivity index (χ2v) is 4.99. The number of carbonyl (C=O) groups is 3. The molecular formula is C13H13ClN2O5. The number of carboxylic acid groups (broad SMARTS) is 2. The molecule has 8 heteroatoms. The van der Waals surface area contributed by atoms with E-state index in [1.54, 1.807) is 0 Å². The van der Waals surface area contributed by atoms with Crippen LogP contribution in [-0.2, 0) is 9.59 Å². The molecule has 0 saturated carbocycles. The van der Waals surface area contributed by atoms with Gasteiger partial charge < -0.3 is 20.4 Å². The highest BCUT2D eigenvalue weighted by Gasteiger charge is 2.43. The van der Waals surface area contributed by atoms with Crippen LogP contribution in [0, 0.1) is 0 Å². The number of aliphatic carboxylic acids is 2. The Morgan fingerprint density at radius 1 is 1.14 bits per heavy atom. The first kappa shape index (κ1) is 15.3. The number of benzene rings is 1. The molecule has 1 fully saturated rings. The van der Waals surface area contributed by atoms with Gasteiger partial charge in [0.25, 0.3) is 5.91 Å². The molecule has 1 aliphatic heterocycles. The molecule has 2 rings (SSSR count). The average molecular weight is 313 g/mol. The third kappa shape index (κ3) is 3.14. The maximum Gasteiger partial charge on any atom is 0.328 e. The fourth-order valence-electron chi connectivity index (χ4n) is 2.26. The summed E-state index contributed by atoms with van der Waals surface area (Å²) in [5.74, 6) is -3.21. The van der Waals surface area contributed by atoms with Crippen molar-refractivity contribution in [2.45, 2.75) is 12.1 Å². The Morgan fingerprint density at radius 3 is 2.29 bits per heavy atom. The van der Waals surface area contributed by atoms with Crippen LogP contribution in [0.3, 0.4) is 0 Å². The van der Waals surface area contributed by atoms with E-state index in [-0.39, 0.29) is 18.7 Å². The molecule has 0 bridgehead atoms. The first-order valence-corrected chi connectivity index (χ1v) is 6.55. The highest BCUT2D eigenvalue weighted by Crippen LogP contribution is 2.17. The largest absolute Gasteiger partial charge is 0.480 e. The van der Waals surface area contributed by atoms with Crippen molar-refractivity contribution in [3.05, 3.63) is 34.9 Å². The minimum atomic E-state index is -1.46. The van der Waals surface area contributed by atoms with Crippen molar-refractivity contribution in [2.75, 3.05) is 13.1 Å². The van der Waals surface area contributed by atoms with Gasteiger partial charge in [0.15, 0.2) is 6.04 Å². The smallest absolute Gasteiger partial charge is 0.328 e. The summed E-state index contributed by atoms with van der Waals surface area (Å²) in [7, 11) is 0. The van der Waals surface area contributed by atoms with Crippen LogP contribution in [0.1, 0.15) is 10.4 Å². The number of carbonyl (C=O) groups excluding carboxylic acids is 1. The van der Waals surface area contributed by atoms with Gasteiger partial charge in [-0.1, -0.05) is 11.6 Å². The van der Waals surface area contributed by atoms with E-state index in [2.05, 4.69) is 5.32 Å². The van der Waals surface area contributed by atoms with Gasteiger partial charge in [-0.25, -0.2) is 4.79 Å². The van der Waals surface area contributed by atoms with Gasteiger partial charge in [0.05, 0.1) is 0 Å². The summed E-state index contributed by atoms with van der Waals surface area (Å²) in [6, 6.07) is 3.18. The number of nitrogens with one attached hydrogen (secondary N) is 1. The minimum absolute atomic E-state index is 0.113. The Kier molecular flexibility index (Phi) is 4.44. The SMILES string of the molecule is O=C(O)C1NCCN(C(=O)c2ccc(Cl)cc2)C1C(=O)O. The lowest BCUT2D eigenvalue weighted by molar-refractivity contribution is -0.152. The molecule has 112 valence electrons. The van der Waals surface area contributed by atoms with Crippen LogP contribution in [0.25, 0.3) is 0 Å². The predicted octanol–water partition coefficient (Wildman–Crippen LogP) is 0.292. The van der Waals surface area contributed by atoms with Gasteiger partial charge in [0.1, 0.15) is 6.04 Å². The highest BCUT2D eigenvalue weighted by molar-refractivity contribution is 6.30. The molecule has 0 aliphatic carbocycles. The van der Waals surface area contributed by atoms with Crippen LogP contribution in [0.15, 0.2) is 24.3 Å². The number of halogens is 1. The molecule has 0 radical (unpaired) electrons. The van der Waals surface area contributed by atoms with Crippen molar-refractivity contribution >= 4 is 29.4 Å². The lowest BCUT2D eigenvalue weighted by Gasteiger charge is -2.37. The quantitative estimate of drug-likeness (QED) is 0.740. The summed E-state index contributed by atoms with van der Waals surface area (Å²) in [5, 5.41) is 21.4. The van der Waals surface area contributed by atoms with Crippen LogP contribution < -0.4 is 5.32 Å². The Morgan fingerprint density at radius 2 is 1.76 bits per heavy atom. The first-order valence-electron chi connectivity index (χ1n) is 6.17.